The van der Waals surface area contributed by atoms with Crippen LogP contribution in [0.2, 0.25) is 0 Å². The van der Waals surface area contributed by atoms with Crippen LogP contribution in [0.5, 0.6) is 5.75 Å². The third kappa shape index (κ3) is 4.45. The highest BCUT2D eigenvalue weighted by Gasteiger charge is 2.10. The van der Waals surface area contributed by atoms with Crippen LogP contribution in [0.4, 0.5) is 5.69 Å². The lowest BCUT2D eigenvalue weighted by atomic mass is 9.97. The van der Waals surface area contributed by atoms with E-state index in [4.69, 9.17) is 9.73 Å². The standard InChI is InChI=1S/C24H26N2OS/c1-27-22-14-12-21(13-15-22)25-24-26(17-16-19-8-4-2-5-9-19)23(18-28-24)20-10-6-3-7-11-20/h3,6-8,10-15,18H,2,4-5,9,16-17H2,1H3. The summed E-state index contributed by atoms with van der Waals surface area (Å²) < 4.78 is 7.63. The molecule has 0 amide bonds. The highest BCUT2D eigenvalue weighted by Crippen LogP contribution is 2.24. The first-order valence-corrected chi connectivity index (χ1v) is 10.8. The Bertz CT molecular complexity index is 997. The van der Waals surface area contributed by atoms with Crippen molar-refractivity contribution in [3.05, 3.63) is 76.4 Å². The van der Waals surface area contributed by atoms with E-state index < -0.39 is 0 Å². The van der Waals surface area contributed by atoms with Crippen molar-refractivity contribution in [3.8, 4) is 17.0 Å². The molecular weight excluding hydrogens is 364 g/mol. The van der Waals surface area contributed by atoms with Crippen molar-refractivity contribution in [2.24, 2.45) is 4.99 Å². The Kier molecular flexibility index (Phi) is 6.07. The van der Waals surface area contributed by atoms with Crippen LogP contribution in [0.1, 0.15) is 32.1 Å². The molecule has 0 fully saturated rings. The van der Waals surface area contributed by atoms with Crippen LogP contribution in [0.25, 0.3) is 11.3 Å². The molecule has 4 heteroatoms. The molecule has 0 bridgehead atoms. The summed E-state index contributed by atoms with van der Waals surface area (Å²) in [5.74, 6) is 0.854. The molecule has 1 aliphatic carbocycles. The van der Waals surface area contributed by atoms with Gasteiger partial charge in [-0.15, -0.1) is 11.3 Å². The van der Waals surface area contributed by atoms with Crippen LogP contribution in [0.15, 0.2) is 76.6 Å². The number of rotatable bonds is 6. The van der Waals surface area contributed by atoms with Crippen molar-refractivity contribution in [1.29, 1.82) is 0 Å². The molecule has 0 radical (unpaired) electrons. The number of hydrogen-bond donors (Lipinski definition) is 0. The van der Waals surface area contributed by atoms with Crippen LogP contribution < -0.4 is 9.54 Å². The number of methoxy groups -OCH3 is 1. The molecule has 0 atom stereocenters. The Morgan fingerprint density at radius 3 is 2.57 bits per heavy atom. The first-order chi connectivity index (χ1) is 13.8. The van der Waals surface area contributed by atoms with E-state index in [0.29, 0.717) is 0 Å². The second kappa shape index (κ2) is 9.07. The van der Waals surface area contributed by atoms with E-state index in [1.165, 1.54) is 36.9 Å². The van der Waals surface area contributed by atoms with E-state index in [-0.39, 0.29) is 0 Å². The van der Waals surface area contributed by atoms with Crippen LogP contribution in [-0.2, 0) is 6.54 Å². The van der Waals surface area contributed by atoms with Crippen molar-refractivity contribution in [2.45, 2.75) is 38.6 Å². The Morgan fingerprint density at radius 1 is 1.04 bits per heavy atom. The van der Waals surface area contributed by atoms with Crippen LogP contribution in [0.3, 0.4) is 0 Å². The molecule has 0 aliphatic heterocycles. The maximum atomic E-state index is 5.26. The Hall–Kier alpha value is -2.59. The van der Waals surface area contributed by atoms with Crippen molar-refractivity contribution in [3.63, 3.8) is 0 Å². The molecule has 28 heavy (non-hydrogen) atoms. The quantitative estimate of drug-likeness (QED) is 0.451. The Balaban J connectivity index is 1.69. The van der Waals surface area contributed by atoms with Gasteiger partial charge in [-0.05, 0) is 61.9 Å². The van der Waals surface area contributed by atoms with E-state index in [9.17, 15) is 0 Å². The zero-order valence-electron chi connectivity index (χ0n) is 16.3. The summed E-state index contributed by atoms with van der Waals surface area (Å²) in [6, 6.07) is 18.6. The van der Waals surface area contributed by atoms with Gasteiger partial charge in [0.2, 0.25) is 0 Å². The molecule has 0 saturated carbocycles. The lowest BCUT2D eigenvalue weighted by Crippen LogP contribution is -2.16. The van der Waals surface area contributed by atoms with Gasteiger partial charge in [-0.25, -0.2) is 4.99 Å². The third-order valence-electron chi connectivity index (χ3n) is 5.21. The number of allylic oxidation sites excluding steroid dienone is 2. The number of ether oxygens (including phenoxy) is 1. The molecule has 1 heterocycles. The highest BCUT2D eigenvalue weighted by atomic mass is 32.1. The van der Waals surface area contributed by atoms with E-state index in [1.807, 2.05) is 24.3 Å². The molecule has 2 aromatic carbocycles. The predicted molar refractivity (Wildman–Crippen MR) is 117 cm³/mol. The van der Waals surface area contributed by atoms with Gasteiger partial charge in [-0.1, -0.05) is 42.0 Å². The average molecular weight is 391 g/mol. The van der Waals surface area contributed by atoms with Gasteiger partial charge in [-0.3, -0.25) is 0 Å². The van der Waals surface area contributed by atoms with E-state index in [1.54, 1.807) is 24.0 Å². The monoisotopic (exact) mass is 390 g/mol. The van der Waals surface area contributed by atoms with Gasteiger partial charge in [0.1, 0.15) is 5.75 Å². The average Bonchev–Trinajstić information content (AvgIpc) is 3.16. The summed E-state index contributed by atoms with van der Waals surface area (Å²) in [7, 11) is 1.69. The second-order valence-electron chi connectivity index (χ2n) is 7.09. The van der Waals surface area contributed by atoms with Crippen LogP contribution >= 0.6 is 11.3 Å². The summed E-state index contributed by atoms with van der Waals surface area (Å²) in [5, 5.41) is 2.23. The SMILES string of the molecule is COc1ccc(N=c2scc(-c3ccccc3)n2CCC2=CCCCC2)cc1. The number of aromatic nitrogens is 1. The predicted octanol–water partition coefficient (Wildman–Crippen LogP) is 6.35. The lowest BCUT2D eigenvalue weighted by Gasteiger charge is -2.14. The number of nitrogens with zero attached hydrogens (tertiary/aromatic N) is 2. The van der Waals surface area contributed by atoms with Crippen molar-refractivity contribution < 1.29 is 4.74 Å². The van der Waals surface area contributed by atoms with Crippen molar-refractivity contribution in [2.75, 3.05) is 7.11 Å². The van der Waals surface area contributed by atoms with Gasteiger partial charge in [0.05, 0.1) is 18.5 Å². The summed E-state index contributed by atoms with van der Waals surface area (Å²) in [6.45, 7) is 0.967. The topological polar surface area (TPSA) is 26.5 Å². The number of hydrogen-bond acceptors (Lipinski definition) is 3. The molecule has 144 valence electrons. The maximum Gasteiger partial charge on any atom is 0.190 e. The minimum Gasteiger partial charge on any atom is -0.497 e. The maximum absolute atomic E-state index is 5.26. The molecular formula is C24H26N2OS. The summed E-state index contributed by atoms with van der Waals surface area (Å²) in [5.41, 5.74) is 5.04. The number of benzene rings is 2. The fourth-order valence-corrected chi connectivity index (χ4v) is 4.58. The summed E-state index contributed by atoms with van der Waals surface area (Å²) in [4.78, 5) is 5.97. The summed E-state index contributed by atoms with van der Waals surface area (Å²) >= 11 is 1.71. The van der Waals surface area contributed by atoms with Gasteiger partial charge < -0.3 is 9.30 Å². The second-order valence-corrected chi connectivity index (χ2v) is 7.93. The van der Waals surface area contributed by atoms with Gasteiger partial charge in [0, 0.05) is 11.9 Å². The van der Waals surface area contributed by atoms with E-state index >= 15 is 0 Å². The summed E-state index contributed by atoms with van der Waals surface area (Å²) in [6.07, 6.45) is 8.69. The third-order valence-corrected chi connectivity index (χ3v) is 6.07. The van der Waals surface area contributed by atoms with Gasteiger partial charge >= 0.3 is 0 Å². The van der Waals surface area contributed by atoms with Crippen LogP contribution in [0, 0.1) is 0 Å². The first kappa shape index (κ1) is 18.8. The molecule has 4 rings (SSSR count). The smallest absolute Gasteiger partial charge is 0.190 e. The first-order valence-electron chi connectivity index (χ1n) is 9.94. The molecule has 3 nitrogen and oxygen atoms in total. The van der Waals surface area contributed by atoms with Gasteiger partial charge in [0.25, 0.3) is 0 Å². The lowest BCUT2D eigenvalue weighted by molar-refractivity contribution is 0.415. The molecule has 3 aromatic rings. The van der Waals surface area contributed by atoms with Crippen molar-refractivity contribution >= 4 is 17.0 Å². The molecule has 0 N–H and O–H groups in total. The van der Waals surface area contributed by atoms with E-state index in [0.717, 1.165) is 29.2 Å². The molecule has 1 aliphatic rings. The normalized spacial score (nSPS) is 14.8. The minimum absolute atomic E-state index is 0.854. The van der Waals surface area contributed by atoms with Crippen LogP contribution in [-0.4, -0.2) is 11.7 Å². The largest absolute Gasteiger partial charge is 0.497 e. The van der Waals surface area contributed by atoms with E-state index in [2.05, 4.69) is 46.4 Å². The molecule has 0 saturated heterocycles. The van der Waals surface area contributed by atoms with Gasteiger partial charge in [-0.2, -0.15) is 0 Å². The van der Waals surface area contributed by atoms with Gasteiger partial charge in [0.15, 0.2) is 4.80 Å². The fraction of sp³-hybridized carbons (Fsp3) is 0.292. The minimum atomic E-state index is 0.854. The molecule has 0 spiro atoms. The highest BCUT2D eigenvalue weighted by molar-refractivity contribution is 7.07. The number of thiazole rings is 1. The molecule has 0 unspecified atom stereocenters. The van der Waals surface area contributed by atoms with Crippen molar-refractivity contribution in [1.82, 2.24) is 4.57 Å². The Labute approximate surface area is 170 Å². The zero-order valence-corrected chi connectivity index (χ0v) is 17.1. The molecule has 1 aromatic heterocycles. The Morgan fingerprint density at radius 2 is 1.86 bits per heavy atom. The fourth-order valence-electron chi connectivity index (χ4n) is 3.63. The zero-order chi connectivity index (χ0) is 19.2.